The van der Waals surface area contributed by atoms with Gasteiger partial charge in [-0.3, -0.25) is 4.79 Å². The van der Waals surface area contributed by atoms with Crippen LogP contribution in [0.2, 0.25) is 0 Å². The second kappa shape index (κ2) is 8.51. The molecule has 0 aliphatic carbocycles. The molecule has 7 heteroatoms. The van der Waals surface area contributed by atoms with Crippen LogP contribution < -0.4 is 11.1 Å². The van der Waals surface area contributed by atoms with Gasteiger partial charge in [0.25, 0.3) is 5.91 Å². The summed E-state index contributed by atoms with van der Waals surface area (Å²) >= 11 is 0. The zero-order chi connectivity index (χ0) is 15.2. The van der Waals surface area contributed by atoms with E-state index in [-0.39, 0.29) is 24.1 Å². The molecule has 0 unspecified atom stereocenters. The van der Waals surface area contributed by atoms with Crippen molar-refractivity contribution in [3.05, 3.63) is 47.5 Å². The molecule has 0 aliphatic heterocycles. The second-order valence-corrected chi connectivity index (χ2v) is 4.78. The van der Waals surface area contributed by atoms with Gasteiger partial charge in [-0.05, 0) is 50.6 Å². The van der Waals surface area contributed by atoms with Gasteiger partial charge in [-0.1, -0.05) is 0 Å². The van der Waals surface area contributed by atoms with Crippen molar-refractivity contribution in [2.75, 3.05) is 13.1 Å². The third-order valence-corrected chi connectivity index (χ3v) is 3.24. The van der Waals surface area contributed by atoms with E-state index in [2.05, 4.69) is 10.4 Å². The van der Waals surface area contributed by atoms with Crippen molar-refractivity contribution in [3.63, 3.8) is 0 Å². The van der Waals surface area contributed by atoms with E-state index in [0.29, 0.717) is 18.7 Å². The summed E-state index contributed by atoms with van der Waals surface area (Å²) in [5.74, 6) is -0.459. The molecule has 1 aromatic carbocycles. The number of amides is 1. The predicted molar refractivity (Wildman–Crippen MR) is 86.1 cm³/mol. The highest BCUT2D eigenvalue weighted by Crippen LogP contribution is 2.14. The summed E-state index contributed by atoms with van der Waals surface area (Å²) in [6.45, 7) is 3.03. The molecule has 0 radical (unpaired) electrons. The van der Waals surface area contributed by atoms with Gasteiger partial charge in [-0.25, -0.2) is 9.07 Å². The number of carbonyl (C=O) groups excluding carboxylic acids is 1. The Hall–Kier alpha value is -1.92. The Morgan fingerprint density at radius 1 is 1.32 bits per heavy atom. The molecule has 0 saturated carbocycles. The topological polar surface area (TPSA) is 72.9 Å². The molecular weight excluding hydrogens is 307 g/mol. The third kappa shape index (κ3) is 4.29. The summed E-state index contributed by atoms with van der Waals surface area (Å²) in [7, 11) is 0. The number of nitrogens with zero attached hydrogens (tertiary/aromatic N) is 2. The number of carbonyl (C=O) groups is 1. The smallest absolute Gasteiger partial charge is 0.254 e. The van der Waals surface area contributed by atoms with Crippen LogP contribution in [0.25, 0.3) is 5.69 Å². The quantitative estimate of drug-likeness (QED) is 0.799. The first-order valence-electron chi connectivity index (χ1n) is 6.92. The van der Waals surface area contributed by atoms with Gasteiger partial charge in [0, 0.05) is 6.54 Å². The SMILES string of the molecule is Cc1c(C(=O)NCCCCN)cnn1-c1ccc(F)cc1.Cl. The molecule has 0 spiro atoms. The molecule has 0 fully saturated rings. The molecule has 0 bridgehead atoms. The van der Waals surface area contributed by atoms with Crippen LogP contribution in [-0.2, 0) is 0 Å². The van der Waals surface area contributed by atoms with Crippen molar-refractivity contribution in [2.45, 2.75) is 19.8 Å². The molecule has 3 N–H and O–H groups in total. The lowest BCUT2D eigenvalue weighted by Gasteiger charge is -2.06. The maximum atomic E-state index is 12.9. The van der Waals surface area contributed by atoms with Crippen LogP contribution in [0, 0.1) is 12.7 Å². The number of benzene rings is 1. The zero-order valence-electron chi connectivity index (χ0n) is 12.4. The van der Waals surface area contributed by atoms with Crippen molar-refractivity contribution in [1.82, 2.24) is 15.1 Å². The summed E-state index contributed by atoms with van der Waals surface area (Å²) in [6.07, 6.45) is 3.26. The maximum Gasteiger partial charge on any atom is 0.254 e. The maximum absolute atomic E-state index is 12.9. The predicted octanol–water partition coefficient (Wildman–Crippen LogP) is 2.21. The molecule has 2 rings (SSSR count). The van der Waals surface area contributed by atoms with Gasteiger partial charge < -0.3 is 11.1 Å². The first-order chi connectivity index (χ1) is 10.1. The van der Waals surface area contributed by atoms with E-state index >= 15 is 0 Å². The number of hydrogen-bond donors (Lipinski definition) is 2. The number of halogens is 2. The largest absolute Gasteiger partial charge is 0.352 e. The highest BCUT2D eigenvalue weighted by atomic mass is 35.5. The minimum atomic E-state index is -0.304. The Bertz CT molecular complexity index is 613. The molecule has 0 atom stereocenters. The first-order valence-corrected chi connectivity index (χ1v) is 6.92. The summed E-state index contributed by atoms with van der Waals surface area (Å²) in [5, 5.41) is 7.04. The van der Waals surface area contributed by atoms with Crippen molar-refractivity contribution < 1.29 is 9.18 Å². The van der Waals surface area contributed by atoms with Crippen molar-refractivity contribution in [2.24, 2.45) is 5.73 Å². The van der Waals surface area contributed by atoms with E-state index in [1.54, 1.807) is 16.8 Å². The summed E-state index contributed by atoms with van der Waals surface area (Å²) in [5.41, 5.74) is 7.37. The fourth-order valence-electron chi connectivity index (χ4n) is 2.04. The number of unbranched alkanes of at least 4 members (excludes halogenated alkanes) is 1. The fraction of sp³-hybridized carbons (Fsp3) is 0.333. The van der Waals surface area contributed by atoms with Gasteiger partial charge in [-0.15, -0.1) is 12.4 Å². The van der Waals surface area contributed by atoms with Gasteiger partial charge in [0.05, 0.1) is 23.1 Å². The van der Waals surface area contributed by atoms with Crippen LogP contribution in [0.1, 0.15) is 28.9 Å². The van der Waals surface area contributed by atoms with E-state index in [4.69, 9.17) is 5.73 Å². The van der Waals surface area contributed by atoms with E-state index in [1.165, 1.54) is 18.3 Å². The van der Waals surface area contributed by atoms with E-state index < -0.39 is 0 Å². The van der Waals surface area contributed by atoms with Gasteiger partial charge in [0.15, 0.2) is 0 Å². The normalized spacial score (nSPS) is 10.1. The number of nitrogens with one attached hydrogen (secondary N) is 1. The second-order valence-electron chi connectivity index (χ2n) is 4.78. The lowest BCUT2D eigenvalue weighted by molar-refractivity contribution is 0.0952. The molecule has 0 saturated heterocycles. The number of rotatable bonds is 6. The number of aromatic nitrogens is 2. The van der Waals surface area contributed by atoms with Crippen molar-refractivity contribution in [1.29, 1.82) is 0 Å². The van der Waals surface area contributed by atoms with Gasteiger partial charge in [0.1, 0.15) is 5.82 Å². The van der Waals surface area contributed by atoms with Gasteiger partial charge in [0.2, 0.25) is 0 Å². The van der Waals surface area contributed by atoms with Gasteiger partial charge in [-0.2, -0.15) is 5.10 Å². The van der Waals surface area contributed by atoms with Crippen LogP contribution in [0.4, 0.5) is 4.39 Å². The Morgan fingerprint density at radius 2 is 2.00 bits per heavy atom. The van der Waals surface area contributed by atoms with Crippen molar-refractivity contribution >= 4 is 18.3 Å². The lowest BCUT2D eigenvalue weighted by Crippen LogP contribution is -2.25. The Labute approximate surface area is 135 Å². The van der Waals surface area contributed by atoms with Crippen LogP contribution >= 0.6 is 12.4 Å². The molecular formula is C15H20ClFN4O. The number of nitrogens with two attached hydrogens (primary N) is 1. The molecule has 22 heavy (non-hydrogen) atoms. The molecule has 120 valence electrons. The van der Waals surface area contributed by atoms with Gasteiger partial charge >= 0.3 is 0 Å². The fourth-order valence-corrected chi connectivity index (χ4v) is 2.04. The zero-order valence-corrected chi connectivity index (χ0v) is 13.2. The Morgan fingerprint density at radius 3 is 2.64 bits per heavy atom. The summed E-state index contributed by atoms with van der Waals surface area (Å²) in [6, 6.07) is 5.97. The van der Waals surface area contributed by atoms with E-state index in [9.17, 15) is 9.18 Å². The minimum Gasteiger partial charge on any atom is -0.352 e. The Balaban J connectivity index is 0.00000242. The molecule has 2 aromatic rings. The van der Waals surface area contributed by atoms with Crippen LogP contribution in [0.3, 0.4) is 0 Å². The highest BCUT2D eigenvalue weighted by Gasteiger charge is 2.14. The first kappa shape index (κ1) is 18.1. The monoisotopic (exact) mass is 326 g/mol. The average molecular weight is 327 g/mol. The van der Waals surface area contributed by atoms with Crippen LogP contribution in [-0.4, -0.2) is 28.8 Å². The molecule has 1 heterocycles. The molecule has 5 nitrogen and oxygen atoms in total. The summed E-state index contributed by atoms with van der Waals surface area (Å²) < 4.78 is 14.6. The lowest BCUT2D eigenvalue weighted by atomic mass is 10.2. The van der Waals surface area contributed by atoms with Crippen molar-refractivity contribution in [3.8, 4) is 5.69 Å². The standard InChI is InChI=1S/C15H19FN4O.ClH/c1-11-14(15(21)18-9-3-2-8-17)10-19-20(11)13-6-4-12(16)5-7-13;/h4-7,10H,2-3,8-9,17H2,1H3,(H,18,21);1H. The molecule has 1 amide bonds. The Kier molecular flexibility index (Phi) is 7.01. The minimum absolute atomic E-state index is 0. The highest BCUT2D eigenvalue weighted by molar-refractivity contribution is 5.95. The van der Waals surface area contributed by atoms with E-state index in [1.807, 2.05) is 6.92 Å². The van der Waals surface area contributed by atoms with E-state index in [0.717, 1.165) is 24.2 Å². The number of hydrogen-bond acceptors (Lipinski definition) is 3. The molecule has 1 aromatic heterocycles. The third-order valence-electron chi connectivity index (χ3n) is 3.24. The average Bonchev–Trinajstić information content (AvgIpc) is 2.86. The van der Waals surface area contributed by atoms with Crippen LogP contribution in [0.15, 0.2) is 30.5 Å². The molecule has 0 aliphatic rings. The van der Waals surface area contributed by atoms with Crippen LogP contribution in [0.5, 0.6) is 0 Å². The summed E-state index contributed by atoms with van der Waals surface area (Å²) in [4.78, 5) is 12.1.